The summed E-state index contributed by atoms with van der Waals surface area (Å²) >= 11 is 0. The molecule has 3 aromatic heterocycles. The van der Waals surface area contributed by atoms with Crippen molar-refractivity contribution in [2.24, 2.45) is 32.5 Å². The zero-order valence-corrected chi connectivity index (χ0v) is 70.6. The third-order valence-corrected chi connectivity index (χ3v) is 20.0. The van der Waals surface area contributed by atoms with Crippen LogP contribution in [0.3, 0.4) is 0 Å². The van der Waals surface area contributed by atoms with E-state index in [1.54, 1.807) is 12.5 Å². The summed E-state index contributed by atoms with van der Waals surface area (Å²) in [7, 11) is 0. The van der Waals surface area contributed by atoms with E-state index in [1.807, 2.05) is 243 Å². The van der Waals surface area contributed by atoms with Crippen LogP contribution >= 0.6 is 0 Å². The lowest BCUT2D eigenvalue weighted by molar-refractivity contribution is -0.144. The van der Waals surface area contributed by atoms with E-state index in [0.717, 1.165) is 56.3 Å². The fourth-order valence-electron chi connectivity index (χ4n) is 14.0. The average molecular weight is 1570 g/mol. The number of imidazole rings is 1. The molecule has 0 radical (unpaired) electrons. The standard InChI is InChI=1S/C29H43N5O4.C29H42N4O5.C28H40N4O5/c1-18(20-9-11-21(12-10-20)33-14-13-30-19(33)2)31-26(37)23-15-22(35)17-34(23)27(38)25(29(6,7)8)32-24(36)16-28(3,4)5;1-17(19-9-11-20(12-10-19)24-18(2)30-16-38-24)31-26(36)22-13-21(34)15-33(22)27(37)25(29(6,7)8)32-23(35)14-28(3,4)5;1-17-21(16-37-31-17)19-10-8-18(9-11-19)14-29-25(35)22-12-20(33)15-32(22)26(36)24(28(5,6)7)30-23(34)13-27(2,3)4/h9-14,18,22-23,25,35H,15-17H2,1-8H3,(H,31,37)(H,32,36);9-12,16-17,21-22,25,34H,13-15H2,1-8H3,(H,31,36)(H,32,35);8-11,16,20,22,24,33H,12-15H2,1-7H3,(H,29,35)(H,30,34). The van der Waals surface area contributed by atoms with Crippen LogP contribution in [-0.2, 0) is 49.7 Å². The molecule has 618 valence electrons. The van der Waals surface area contributed by atoms with E-state index in [1.165, 1.54) is 21.1 Å². The van der Waals surface area contributed by atoms with E-state index in [4.69, 9.17) is 8.94 Å². The Balaban J connectivity index is 0.000000235. The van der Waals surface area contributed by atoms with Gasteiger partial charge in [0.2, 0.25) is 53.2 Å². The number of benzene rings is 3. The Labute approximate surface area is 666 Å². The van der Waals surface area contributed by atoms with Gasteiger partial charge in [0.15, 0.2) is 12.2 Å². The second-order valence-corrected chi connectivity index (χ2v) is 37.5. The van der Waals surface area contributed by atoms with Gasteiger partial charge in [-0.25, -0.2) is 9.97 Å². The zero-order valence-electron chi connectivity index (χ0n) is 70.6. The van der Waals surface area contributed by atoms with Crippen LogP contribution in [0.4, 0.5) is 0 Å². The van der Waals surface area contributed by atoms with Gasteiger partial charge in [0.1, 0.15) is 48.3 Å². The summed E-state index contributed by atoms with van der Waals surface area (Å²) < 4.78 is 12.4. The quantitative estimate of drug-likeness (QED) is 0.0323. The number of nitrogens with zero attached hydrogens (tertiary/aromatic N) is 7. The van der Waals surface area contributed by atoms with Gasteiger partial charge in [-0.05, 0) is 101 Å². The van der Waals surface area contributed by atoms with Gasteiger partial charge in [-0.2, -0.15) is 0 Å². The minimum atomic E-state index is -0.833. The van der Waals surface area contributed by atoms with E-state index in [9.17, 15) is 58.5 Å². The van der Waals surface area contributed by atoms with Gasteiger partial charge in [-0.15, -0.1) is 0 Å². The molecular weight excluding hydrogens is 1440 g/mol. The van der Waals surface area contributed by atoms with Gasteiger partial charge in [0.05, 0.1) is 41.8 Å². The van der Waals surface area contributed by atoms with Crippen molar-refractivity contribution in [3.8, 4) is 28.1 Å². The van der Waals surface area contributed by atoms with Gasteiger partial charge < -0.3 is 75.4 Å². The number of carbonyl (C=O) groups is 9. The molecule has 9 N–H and O–H groups in total. The summed E-state index contributed by atoms with van der Waals surface area (Å²) in [6.45, 7) is 44.4. The van der Waals surface area contributed by atoms with Crippen LogP contribution in [0.2, 0.25) is 0 Å². The largest absolute Gasteiger partial charge is 0.443 e. The van der Waals surface area contributed by atoms with Crippen molar-refractivity contribution in [1.82, 2.24) is 66.3 Å². The Kier molecular flexibility index (Phi) is 29.8. The minimum absolute atomic E-state index is 0.0399. The molecule has 3 aromatic carbocycles. The highest BCUT2D eigenvalue weighted by atomic mass is 16.5. The van der Waals surface area contributed by atoms with Crippen molar-refractivity contribution in [3.63, 3.8) is 0 Å². The first-order valence-corrected chi connectivity index (χ1v) is 39.1. The number of carbonyl (C=O) groups excluding carboxylic acids is 9. The second kappa shape index (κ2) is 37.1. The van der Waals surface area contributed by atoms with Crippen LogP contribution in [0.1, 0.15) is 223 Å². The number of aromatic nitrogens is 4. The maximum Gasteiger partial charge on any atom is 0.246 e. The topological polar surface area (TPSA) is 366 Å². The smallest absolute Gasteiger partial charge is 0.246 e. The Bertz CT molecular complexity index is 4070. The fraction of sp³-hybridized carbons (Fsp3) is 0.581. The maximum absolute atomic E-state index is 13.7. The molecule has 113 heavy (non-hydrogen) atoms. The number of rotatable bonds is 21. The number of hydrogen-bond acceptors (Lipinski definition) is 17. The molecule has 6 aromatic rings. The number of aliphatic hydroxyl groups excluding tert-OH is 3. The molecule has 3 fully saturated rings. The number of aliphatic hydroxyl groups is 3. The molecule has 11 unspecified atom stereocenters. The number of likely N-dealkylation sites (tertiary alicyclic amines) is 3. The number of amides is 9. The normalized spacial score (nSPS) is 19.4. The average Bonchev–Trinajstić information content (AvgIpc) is 1.70. The van der Waals surface area contributed by atoms with E-state index >= 15 is 0 Å². The summed E-state index contributed by atoms with van der Waals surface area (Å²) in [5.74, 6) is -1.16. The van der Waals surface area contributed by atoms with Crippen LogP contribution in [0, 0.1) is 53.3 Å². The monoisotopic (exact) mass is 1560 g/mol. The van der Waals surface area contributed by atoms with Gasteiger partial charge >= 0.3 is 0 Å². The molecule has 27 heteroatoms. The SMILES string of the molecule is Cc1nccn1-c1ccc(C(C)NC(=O)C2CC(O)CN2C(=O)C(NC(=O)CC(C)(C)C)C(C)(C)C)cc1.Cc1ncoc1-c1ccc(C(C)NC(=O)C2CC(O)CN2C(=O)C(NC(=O)CC(C)(C)C)C(C)(C)C)cc1.Cc1nocc1-c1ccc(CNC(=O)C2CC(O)CN2C(=O)C(NC(=O)CC(C)(C)C)C(C)(C)C)cc1. The van der Waals surface area contributed by atoms with Crippen LogP contribution in [0.5, 0.6) is 0 Å². The number of hydrogen-bond donors (Lipinski definition) is 9. The molecule has 0 bridgehead atoms. The fourth-order valence-corrected chi connectivity index (χ4v) is 14.0. The van der Waals surface area contributed by atoms with Crippen LogP contribution in [0.15, 0.2) is 107 Å². The molecule has 6 heterocycles. The van der Waals surface area contributed by atoms with Crippen LogP contribution in [0.25, 0.3) is 28.1 Å². The third-order valence-electron chi connectivity index (χ3n) is 20.0. The van der Waals surface area contributed by atoms with Gasteiger partial charge in [-0.3, -0.25) is 43.2 Å². The van der Waals surface area contributed by atoms with Crippen LogP contribution in [-0.4, -0.2) is 177 Å². The van der Waals surface area contributed by atoms with E-state index in [2.05, 4.69) is 47.0 Å². The van der Waals surface area contributed by atoms with E-state index in [-0.39, 0.29) is 146 Å². The summed E-state index contributed by atoms with van der Waals surface area (Å²) in [4.78, 5) is 132. The lowest BCUT2D eigenvalue weighted by Crippen LogP contribution is -2.58. The maximum atomic E-state index is 13.7. The van der Waals surface area contributed by atoms with E-state index < -0.39 is 70.8 Å². The Hall–Kier alpha value is -9.60. The van der Waals surface area contributed by atoms with Crippen molar-refractivity contribution in [2.75, 3.05) is 19.6 Å². The molecular formula is C86H125N13O14. The molecule has 3 aliphatic heterocycles. The Morgan fingerprint density at radius 3 is 1.18 bits per heavy atom. The first-order valence-electron chi connectivity index (χ1n) is 39.1. The van der Waals surface area contributed by atoms with Crippen molar-refractivity contribution in [2.45, 2.75) is 271 Å². The first-order chi connectivity index (χ1) is 52.3. The first kappa shape index (κ1) is 90.6. The van der Waals surface area contributed by atoms with Crippen LogP contribution < -0.4 is 31.9 Å². The van der Waals surface area contributed by atoms with Gasteiger partial charge in [-0.1, -0.05) is 190 Å². The molecule has 0 saturated carbocycles. The minimum Gasteiger partial charge on any atom is -0.443 e. The molecule has 3 aliphatic rings. The summed E-state index contributed by atoms with van der Waals surface area (Å²) in [5.41, 5.74) is 5.59. The highest BCUT2D eigenvalue weighted by Crippen LogP contribution is 2.34. The third kappa shape index (κ3) is 25.7. The van der Waals surface area contributed by atoms with Crippen molar-refractivity contribution in [3.05, 3.63) is 132 Å². The summed E-state index contributed by atoms with van der Waals surface area (Å²) in [5, 5.41) is 52.6. The lowest BCUT2D eigenvalue weighted by atomic mass is 9.84. The molecule has 3 saturated heterocycles. The summed E-state index contributed by atoms with van der Waals surface area (Å²) in [6, 6.07) is 17.6. The molecule has 0 aliphatic carbocycles. The summed E-state index contributed by atoms with van der Waals surface area (Å²) in [6.07, 6.45) is 5.46. The molecule has 27 nitrogen and oxygen atoms in total. The second-order valence-electron chi connectivity index (χ2n) is 37.5. The number of nitrogens with one attached hydrogen (secondary N) is 6. The molecule has 0 spiro atoms. The van der Waals surface area contributed by atoms with E-state index in [0.29, 0.717) is 5.76 Å². The van der Waals surface area contributed by atoms with Gasteiger partial charge in [0.25, 0.3) is 0 Å². The van der Waals surface area contributed by atoms with Crippen molar-refractivity contribution in [1.29, 1.82) is 0 Å². The predicted octanol–water partition coefficient (Wildman–Crippen LogP) is 10.2. The number of aryl methyl sites for hydroxylation is 3. The number of oxazole rings is 1. The zero-order chi connectivity index (χ0) is 84.4. The molecule has 9 rings (SSSR count). The number of β-amino-alcohol motifs (C(OH)–C–C–N with tert-alkyl or cyclic N) is 3. The van der Waals surface area contributed by atoms with Gasteiger partial charge in [0, 0.05) is 93.9 Å². The Morgan fingerprint density at radius 2 is 0.850 bits per heavy atom. The molecule has 9 amide bonds. The highest BCUT2D eigenvalue weighted by Gasteiger charge is 2.48. The highest BCUT2D eigenvalue weighted by molar-refractivity contribution is 5.96. The Morgan fingerprint density at radius 1 is 0.478 bits per heavy atom. The lowest BCUT2D eigenvalue weighted by Gasteiger charge is -2.36. The van der Waals surface area contributed by atoms with Crippen molar-refractivity contribution < 1.29 is 67.4 Å². The molecule has 11 atom stereocenters. The van der Waals surface area contributed by atoms with Crippen molar-refractivity contribution >= 4 is 53.2 Å². The predicted molar refractivity (Wildman–Crippen MR) is 431 cm³/mol.